The van der Waals surface area contributed by atoms with Crippen LogP contribution in [0, 0.1) is 0 Å². The van der Waals surface area contributed by atoms with Crippen LogP contribution in [0.25, 0.3) is 6.08 Å². The van der Waals surface area contributed by atoms with Crippen LogP contribution < -0.4 is 19.7 Å². The molecule has 1 aliphatic heterocycles. The van der Waals surface area contributed by atoms with E-state index in [4.69, 9.17) is 9.47 Å². The molecule has 1 saturated heterocycles. The SMILES string of the molecule is CC(C)Oc1ccccc1/C=C1\C(=O)NC(=O)N(c2ccc(OCc3ccccc3)cc2)C1=O. The molecule has 172 valence electrons. The van der Waals surface area contributed by atoms with Crippen molar-refractivity contribution in [2.75, 3.05) is 4.90 Å². The van der Waals surface area contributed by atoms with E-state index in [1.54, 1.807) is 48.5 Å². The summed E-state index contributed by atoms with van der Waals surface area (Å²) in [6, 6.07) is 22.5. The normalized spacial score (nSPS) is 15.0. The number of nitrogens with zero attached hydrogens (tertiary/aromatic N) is 1. The summed E-state index contributed by atoms with van der Waals surface area (Å²) in [6.07, 6.45) is 1.35. The highest BCUT2D eigenvalue weighted by Crippen LogP contribution is 2.27. The first-order valence-corrected chi connectivity index (χ1v) is 10.9. The van der Waals surface area contributed by atoms with Crippen LogP contribution >= 0.6 is 0 Å². The zero-order chi connectivity index (χ0) is 24.1. The van der Waals surface area contributed by atoms with Crippen molar-refractivity contribution in [3.63, 3.8) is 0 Å². The van der Waals surface area contributed by atoms with Gasteiger partial charge in [0, 0.05) is 5.56 Å². The summed E-state index contributed by atoms with van der Waals surface area (Å²) in [5.74, 6) is -0.350. The number of benzene rings is 3. The highest BCUT2D eigenvalue weighted by Gasteiger charge is 2.37. The van der Waals surface area contributed by atoms with Gasteiger partial charge in [0.1, 0.15) is 23.7 Å². The zero-order valence-electron chi connectivity index (χ0n) is 18.9. The Morgan fingerprint density at radius 2 is 1.56 bits per heavy atom. The third-order valence-electron chi connectivity index (χ3n) is 5.03. The lowest BCUT2D eigenvalue weighted by molar-refractivity contribution is -0.122. The Bertz CT molecular complexity index is 1230. The second-order valence-corrected chi connectivity index (χ2v) is 7.93. The molecule has 4 amide bonds. The number of carbonyl (C=O) groups excluding carboxylic acids is 3. The van der Waals surface area contributed by atoms with E-state index >= 15 is 0 Å². The first-order chi connectivity index (χ1) is 16.4. The quantitative estimate of drug-likeness (QED) is 0.411. The van der Waals surface area contributed by atoms with Crippen molar-refractivity contribution >= 4 is 29.6 Å². The maximum absolute atomic E-state index is 13.2. The van der Waals surface area contributed by atoms with Gasteiger partial charge in [-0.3, -0.25) is 14.9 Å². The Hall–Kier alpha value is -4.39. The molecular formula is C27H24N2O5. The van der Waals surface area contributed by atoms with E-state index in [-0.39, 0.29) is 11.7 Å². The number of amides is 4. The molecule has 3 aromatic carbocycles. The molecule has 7 heteroatoms. The highest BCUT2D eigenvalue weighted by molar-refractivity contribution is 6.39. The second-order valence-electron chi connectivity index (χ2n) is 7.93. The van der Waals surface area contributed by atoms with Crippen LogP contribution in [0.15, 0.2) is 84.4 Å². The molecule has 0 bridgehead atoms. The fourth-order valence-electron chi connectivity index (χ4n) is 3.44. The van der Waals surface area contributed by atoms with Crippen LogP contribution in [0.1, 0.15) is 25.0 Å². The van der Waals surface area contributed by atoms with Gasteiger partial charge in [0.2, 0.25) is 0 Å². The third kappa shape index (κ3) is 5.15. The van der Waals surface area contributed by atoms with Crippen LogP contribution in [0.4, 0.5) is 10.5 Å². The summed E-state index contributed by atoms with van der Waals surface area (Å²) in [5.41, 5.74) is 1.74. The van der Waals surface area contributed by atoms with Crippen molar-refractivity contribution in [1.29, 1.82) is 0 Å². The first kappa shape index (κ1) is 22.8. The van der Waals surface area contributed by atoms with Crippen molar-refractivity contribution < 1.29 is 23.9 Å². The molecule has 1 fully saturated rings. The molecule has 7 nitrogen and oxygen atoms in total. The minimum atomic E-state index is -0.809. The Morgan fingerprint density at radius 1 is 0.882 bits per heavy atom. The Labute approximate surface area is 197 Å². The monoisotopic (exact) mass is 456 g/mol. The average molecular weight is 456 g/mol. The predicted octanol–water partition coefficient (Wildman–Crippen LogP) is 4.72. The van der Waals surface area contributed by atoms with Gasteiger partial charge in [0.25, 0.3) is 11.8 Å². The molecule has 34 heavy (non-hydrogen) atoms. The van der Waals surface area contributed by atoms with Crippen molar-refractivity contribution in [1.82, 2.24) is 5.32 Å². The molecule has 0 unspecified atom stereocenters. The average Bonchev–Trinajstić information content (AvgIpc) is 2.82. The fraction of sp³-hybridized carbons (Fsp3) is 0.148. The number of para-hydroxylation sites is 1. The smallest absolute Gasteiger partial charge is 0.335 e. The summed E-state index contributed by atoms with van der Waals surface area (Å²) < 4.78 is 11.5. The van der Waals surface area contributed by atoms with Gasteiger partial charge in [0.15, 0.2) is 0 Å². The molecule has 0 radical (unpaired) electrons. The minimum absolute atomic E-state index is 0.0869. The molecule has 0 spiro atoms. The van der Waals surface area contributed by atoms with Crippen LogP contribution in [-0.2, 0) is 16.2 Å². The number of rotatable bonds is 7. The lowest BCUT2D eigenvalue weighted by Crippen LogP contribution is -2.54. The molecule has 0 aromatic heterocycles. The van der Waals surface area contributed by atoms with Crippen molar-refractivity contribution in [2.45, 2.75) is 26.6 Å². The fourth-order valence-corrected chi connectivity index (χ4v) is 3.44. The molecule has 1 heterocycles. The van der Waals surface area contributed by atoms with Crippen LogP contribution in [0.3, 0.4) is 0 Å². The zero-order valence-corrected chi connectivity index (χ0v) is 18.9. The molecule has 3 aromatic rings. The van der Waals surface area contributed by atoms with E-state index in [1.807, 2.05) is 44.2 Å². The van der Waals surface area contributed by atoms with E-state index in [0.29, 0.717) is 29.4 Å². The molecule has 1 N–H and O–H groups in total. The van der Waals surface area contributed by atoms with E-state index < -0.39 is 17.8 Å². The number of carbonyl (C=O) groups is 3. The third-order valence-corrected chi connectivity index (χ3v) is 5.03. The van der Waals surface area contributed by atoms with Gasteiger partial charge in [-0.15, -0.1) is 0 Å². The molecule has 0 aliphatic carbocycles. The maximum atomic E-state index is 13.2. The first-order valence-electron chi connectivity index (χ1n) is 10.9. The topological polar surface area (TPSA) is 84.9 Å². The highest BCUT2D eigenvalue weighted by atomic mass is 16.5. The van der Waals surface area contributed by atoms with E-state index in [1.165, 1.54) is 6.08 Å². The Balaban J connectivity index is 1.56. The van der Waals surface area contributed by atoms with Gasteiger partial charge in [-0.1, -0.05) is 48.5 Å². The number of nitrogens with one attached hydrogen (secondary N) is 1. The van der Waals surface area contributed by atoms with E-state index in [9.17, 15) is 14.4 Å². The molecule has 0 atom stereocenters. The van der Waals surface area contributed by atoms with Gasteiger partial charge < -0.3 is 9.47 Å². The Morgan fingerprint density at radius 3 is 2.26 bits per heavy atom. The predicted molar refractivity (Wildman–Crippen MR) is 128 cm³/mol. The molecular weight excluding hydrogens is 432 g/mol. The Kier molecular flexibility index (Phi) is 6.73. The number of anilines is 1. The maximum Gasteiger partial charge on any atom is 0.335 e. The minimum Gasteiger partial charge on any atom is -0.490 e. The molecule has 1 aliphatic rings. The summed E-state index contributed by atoms with van der Waals surface area (Å²) in [5, 5.41) is 2.24. The van der Waals surface area contributed by atoms with Crippen molar-refractivity contribution in [3.05, 3.63) is 95.6 Å². The number of hydrogen-bond donors (Lipinski definition) is 1. The second kappa shape index (κ2) is 10.0. The van der Waals surface area contributed by atoms with Gasteiger partial charge in [-0.25, -0.2) is 9.69 Å². The lowest BCUT2D eigenvalue weighted by Gasteiger charge is -2.26. The van der Waals surface area contributed by atoms with Gasteiger partial charge in [-0.2, -0.15) is 0 Å². The molecule has 4 rings (SSSR count). The summed E-state index contributed by atoms with van der Waals surface area (Å²) in [4.78, 5) is 39.1. The largest absolute Gasteiger partial charge is 0.490 e. The summed E-state index contributed by atoms with van der Waals surface area (Å²) >= 11 is 0. The van der Waals surface area contributed by atoms with Gasteiger partial charge in [0.05, 0.1) is 11.8 Å². The van der Waals surface area contributed by atoms with Crippen molar-refractivity contribution in [3.8, 4) is 11.5 Å². The number of hydrogen-bond acceptors (Lipinski definition) is 5. The number of ether oxygens (including phenoxy) is 2. The van der Waals surface area contributed by atoms with E-state index in [0.717, 1.165) is 10.5 Å². The lowest BCUT2D eigenvalue weighted by atomic mass is 10.1. The van der Waals surface area contributed by atoms with Crippen molar-refractivity contribution in [2.24, 2.45) is 0 Å². The van der Waals surface area contributed by atoms with E-state index in [2.05, 4.69) is 5.32 Å². The number of urea groups is 1. The van der Waals surface area contributed by atoms with Crippen LogP contribution in [0.5, 0.6) is 11.5 Å². The van der Waals surface area contributed by atoms with Crippen LogP contribution in [0.2, 0.25) is 0 Å². The summed E-state index contributed by atoms with van der Waals surface area (Å²) in [6.45, 7) is 4.16. The number of imide groups is 2. The van der Waals surface area contributed by atoms with Crippen LogP contribution in [-0.4, -0.2) is 23.9 Å². The molecule has 0 saturated carbocycles. The van der Waals surface area contributed by atoms with Gasteiger partial charge >= 0.3 is 6.03 Å². The van der Waals surface area contributed by atoms with Gasteiger partial charge in [-0.05, 0) is 55.8 Å². The number of barbiturate groups is 1. The standard InChI is InChI=1S/C27H24N2O5/c1-18(2)34-24-11-7-6-10-20(24)16-23-25(30)28-27(32)29(26(23)31)21-12-14-22(15-13-21)33-17-19-8-4-3-5-9-19/h3-16,18H,17H2,1-2H3,(H,28,30,32)/b23-16+. The summed E-state index contributed by atoms with van der Waals surface area (Å²) in [7, 11) is 0.